The van der Waals surface area contributed by atoms with E-state index in [1.54, 1.807) is 59.1 Å². The first kappa shape index (κ1) is 26.6. The molecular formula is C27H33N5O4S. The minimum Gasteiger partial charge on any atom is -0.361 e. The van der Waals surface area contributed by atoms with Gasteiger partial charge in [-0.3, -0.25) is 4.79 Å². The SMILES string of the molecule is CC(=O)CCCC1CCCCN1C(=O)C(CCn1cccc1C#N)NS(=O)(=O)c1cccc2[nH]ccc12. The summed E-state index contributed by atoms with van der Waals surface area (Å²) in [7, 11) is -4.03. The molecule has 0 spiro atoms. The summed E-state index contributed by atoms with van der Waals surface area (Å²) in [6.07, 6.45) is 8.20. The lowest BCUT2D eigenvalue weighted by atomic mass is 9.95. The van der Waals surface area contributed by atoms with Crippen molar-refractivity contribution in [1.29, 1.82) is 5.26 Å². The molecule has 196 valence electrons. The van der Waals surface area contributed by atoms with Crippen LogP contribution in [0.3, 0.4) is 0 Å². The molecule has 1 fully saturated rings. The lowest BCUT2D eigenvalue weighted by Gasteiger charge is -2.38. The van der Waals surface area contributed by atoms with Crippen molar-refractivity contribution in [3.05, 3.63) is 54.5 Å². The zero-order chi connectivity index (χ0) is 26.4. The Labute approximate surface area is 217 Å². The summed E-state index contributed by atoms with van der Waals surface area (Å²) >= 11 is 0. The van der Waals surface area contributed by atoms with Gasteiger partial charge < -0.3 is 19.2 Å². The van der Waals surface area contributed by atoms with E-state index in [0.717, 1.165) is 19.3 Å². The zero-order valence-corrected chi connectivity index (χ0v) is 21.8. The summed E-state index contributed by atoms with van der Waals surface area (Å²) in [5.74, 6) is -0.138. The number of carbonyl (C=O) groups is 2. The number of piperidine rings is 1. The Hall–Kier alpha value is -3.42. The minimum atomic E-state index is -4.03. The molecule has 2 unspecified atom stereocenters. The van der Waals surface area contributed by atoms with Crippen LogP contribution in [0.5, 0.6) is 0 Å². The average molecular weight is 524 g/mol. The fraction of sp³-hybridized carbons (Fsp3) is 0.444. The van der Waals surface area contributed by atoms with E-state index >= 15 is 0 Å². The standard InChI is InChI=1S/C27H33N5O4S/c1-20(33)7-4-9-21-8-2-3-17-32(21)27(34)25(14-18-31-16-6-10-22(31)19-28)30-37(35,36)26-12-5-11-24-23(26)13-15-29-24/h5-6,10-13,15-16,21,25,29-30H,2-4,7-9,14,17-18H2,1H3. The molecule has 1 aliphatic rings. The van der Waals surface area contributed by atoms with E-state index in [-0.39, 0.29) is 29.0 Å². The van der Waals surface area contributed by atoms with Gasteiger partial charge in [0, 0.05) is 48.8 Å². The number of aromatic amines is 1. The van der Waals surface area contributed by atoms with Crippen molar-refractivity contribution in [2.45, 2.75) is 75.4 Å². The highest BCUT2D eigenvalue weighted by Crippen LogP contribution is 2.25. The maximum absolute atomic E-state index is 13.9. The molecule has 3 heterocycles. The van der Waals surface area contributed by atoms with E-state index in [2.05, 4.69) is 15.8 Å². The van der Waals surface area contributed by atoms with Crippen LogP contribution in [0, 0.1) is 11.3 Å². The number of Topliss-reactive ketones (excluding diaryl/α,β-unsaturated/α-hetero) is 1. The van der Waals surface area contributed by atoms with Gasteiger partial charge in [-0.15, -0.1) is 0 Å². The van der Waals surface area contributed by atoms with Crippen LogP contribution >= 0.6 is 0 Å². The summed E-state index contributed by atoms with van der Waals surface area (Å²) in [6, 6.07) is 11.2. The maximum atomic E-state index is 13.9. The first-order valence-electron chi connectivity index (χ1n) is 12.7. The number of fused-ring (bicyclic) bond motifs is 1. The van der Waals surface area contributed by atoms with Gasteiger partial charge in [-0.05, 0) is 75.8 Å². The van der Waals surface area contributed by atoms with Crippen LogP contribution in [0.4, 0.5) is 0 Å². The van der Waals surface area contributed by atoms with Crippen LogP contribution in [0.1, 0.15) is 57.6 Å². The van der Waals surface area contributed by atoms with E-state index in [4.69, 9.17) is 0 Å². The molecule has 9 nitrogen and oxygen atoms in total. The number of likely N-dealkylation sites (tertiary alicyclic amines) is 1. The van der Waals surface area contributed by atoms with Gasteiger partial charge in [-0.2, -0.15) is 9.98 Å². The van der Waals surface area contributed by atoms with E-state index in [1.807, 2.05) is 0 Å². The van der Waals surface area contributed by atoms with E-state index in [0.29, 0.717) is 48.9 Å². The Morgan fingerprint density at radius 1 is 1.22 bits per heavy atom. The minimum absolute atomic E-state index is 0.0260. The second kappa shape index (κ2) is 11.8. The number of carbonyl (C=O) groups excluding carboxylic acids is 2. The van der Waals surface area contributed by atoms with Crippen molar-refractivity contribution in [2.24, 2.45) is 0 Å². The van der Waals surface area contributed by atoms with Crippen LogP contribution in [-0.2, 0) is 26.2 Å². The molecule has 2 atom stereocenters. The number of nitriles is 1. The summed E-state index contributed by atoms with van der Waals surface area (Å²) in [6.45, 7) is 2.44. The molecular weight excluding hydrogens is 490 g/mol. The third-order valence-electron chi connectivity index (χ3n) is 7.02. The molecule has 0 bridgehead atoms. The number of ketones is 1. The fourth-order valence-electron chi connectivity index (χ4n) is 5.13. The highest BCUT2D eigenvalue weighted by atomic mass is 32.2. The van der Waals surface area contributed by atoms with Crippen LogP contribution in [0.15, 0.2) is 53.7 Å². The molecule has 2 aromatic heterocycles. The van der Waals surface area contributed by atoms with Gasteiger partial charge in [0.1, 0.15) is 23.6 Å². The van der Waals surface area contributed by atoms with E-state index in [1.165, 1.54) is 6.07 Å². The average Bonchev–Trinajstić information content (AvgIpc) is 3.55. The number of sulfonamides is 1. The third-order valence-corrected chi connectivity index (χ3v) is 8.55. The number of rotatable bonds is 11. The van der Waals surface area contributed by atoms with E-state index < -0.39 is 16.1 Å². The molecule has 1 aliphatic heterocycles. The molecule has 0 aliphatic carbocycles. The van der Waals surface area contributed by atoms with Crippen molar-refractivity contribution in [3.63, 3.8) is 0 Å². The Morgan fingerprint density at radius 3 is 2.84 bits per heavy atom. The molecule has 1 saturated heterocycles. The second-order valence-electron chi connectivity index (χ2n) is 9.63. The predicted molar refractivity (Wildman–Crippen MR) is 140 cm³/mol. The molecule has 10 heteroatoms. The summed E-state index contributed by atoms with van der Waals surface area (Å²) in [5.41, 5.74) is 1.14. The number of aromatic nitrogens is 2. The highest BCUT2D eigenvalue weighted by molar-refractivity contribution is 7.89. The maximum Gasteiger partial charge on any atom is 0.241 e. The van der Waals surface area contributed by atoms with Crippen LogP contribution in [-0.4, -0.2) is 53.2 Å². The van der Waals surface area contributed by atoms with Crippen molar-refractivity contribution >= 4 is 32.6 Å². The largest absolute Gasteiger partial charge is 0.361 e. The lowest BCUT2D eigenvalue weighted by molar-refractivity contribution is -0.137. The number of benzene rings is 1. The van der Waals surface area contributed by atoms with Crippen molar-refractivity contribution in [3.8, 4) is 6.07 Å². The lowest BCUT2D eigenvalue weighted by Crippen LogP contribution is -2.53. The first-order chi connectivity index (χ1) is 17.8. The Morgan fingerprint density at radius 2 is 2.05 bits per heavy atom. The fourth-order valence-corrected chi connectivity index (χ4v) is 6.58. The topological polar surface area (TPSA) is 128 Å². The summed E-state index contributed by atoms with van der Waals surface area (Å²) < 4.78 is 31.5. The number of amides is 1. The molecule has 2 N–H and O–H groups in total. The van der Waals surface area contributed by atoms with Gasteiger partial charge in [0.05, 0.1) is 4.90 Å². The molecule has 1 aromatic carbocycles. The smallest absolute Gasteiger partial charge is 0.241 e. The van der Waals surface area contributed by atoms with Gasteiger partial charge in [-0.25, -0.2) is 8.42 Å². The van der Waals surface area contributed by atoms with E-state index in [9.17, 15) is 23.3 Å². The molecule has 3 aromatic rings. The zero-order valence-electron chi connectivity index (χ0n) is 21.0. The number of nitrogens with zero attached hydrogens (tertiary/aromatic N) is 3. The van der Waals surface area contributed by atoms with Crippen molar-refractivity contribution in [1.82, 2.24) is 19.2 Å². The van der Waals surface area contributed by atoms with Crippen molar-refractivity contribution in [2.75, 3.05) is 6.54 Å². The Kier molecular flexibility index (Phi) is 8.46. The van der Waals surface area contributed by atoms with Gasteiger partial charge in [0.15, 0.2) is 0 Å². The summed E-state index contributed by atoms with van der Waals surface area (Å²) in [4.78, 5) is 30.3. The monoisotopic (exact) mass is 523 g/mol. The van der Waals surface area contributed by atoms with Crippen LogP contribution < -0.4 is 4.72 Å². The molecule has 0 saturated carbocycles. The van der Waals surface area contributed by atoms with Gasteiger partial charge in [-0.1, -0.05) is 6.07 Å². The first-order valence-corrected chi connectivity index (χ1v) is 14.2. The molecule has 4 rings (SSSR count). The number of nitrogens with one attached hydrogen (secondary N) is 2. The molecule has 1 amide bonds. The summed E-state index contributed by atoms with van der Waals surface area (Å²) in [5, 5.41) is 9.93. The normalized spacial score (nSPS) is 17.0. The number of hydrogen-bond acceptors (Lipinski definition) is 5. The second-order valence-corrected chi connectivity index (χ2v) is 11.3. The number of aryl methyl sites for hydroxylation is 1. The van der Waals surface area contributed by atoms with Gasteiger partial charge in [0.2, 0.25) is 15.9 Å². The van der Waals surface area contributed by atoms with Gasteiger partial charge in [0.25, 0.3) is 0 Å². The Balaban J connectivity index is 1.60. The molecule has 0 radical (unpaired) electrons. The van der Waals surface area contributed by atoms with Crippen LogP contribution in [0.2, 0.25) is 0 Å². The van der Waals surface area contributed by atoms with Gasteiger partial charge >= 0.3 is 0 Å². The predicted octanol–water partition coefficient (Wildman–Crippen LogP) is 3.72. The number of hydrogen-bond donors (Lipinski definition) is 2. The Bertz CT molecular complexity index is 1400. The number of H-pyrrole nitrogens is 1. The van der Waals surface area contributed by atoms with Crippen LogP contribution in [0.25, 0.3) is 10.9 Å². The molecule has 37 heavy (non-hydrogen) atoms. The third kappa shape index (κ3) is 6.29. The highest BCUT2D eigenvalue weighted by Gasteiger charge is 2.34. The van der Waals surface area contributed by atoms with Crippen molar-refractivity contribution < 1.29 is 18.0 Å². The quantitative estimate of drug-likeness (QED) is 0.396.